The van der Waals surface area contributed by atoms with Crippen LogP contribution >= 0.6 is 0 Å². The smallest absolute Gasteiger partial charge is 0.0725 e. The molecule has 1 atom stereocenters. The molecule has 0 amide bonds. The third-order valence-electron chi connectivity index (χ3n) is 3.87. The molecule has 0 saturated carbocycles. The standard InChI is InChI=1S/C17H19NO/c1-12-4-2-3-5-13(12)9-17(18)14-6-7-15-10-19-11-16(15)8-14/h2-8,17H,9-11,18H2,1H3. The Bertz CT molecular complexity index is 592. The second-order valence-electron chi connectivity index (χ2n) is 5.26. The fraction of sp³-hybridized carbons (Fsp3) is 0.294. The van der Waals surface area contributed by atoms with Gasteiger partial charge in [-0.1, -0.05) is 42.5 Å². The predicted octanol–water partition coefficient (Wildman–Crippen LogP) is 3.27. The second kappa shape index (κ2) is 5.16. The number of fused-ring (bicyclic) bond motifs is 1. The van der Waals surface area contributed by atoms with Gasteiger partial charge in [0.25, 0.3) is 0 Å². The largest absolute Gasteiger partial charge is 0.372 e. The Labute approximate surface area is 114 Å². The molecule has 2 aromatic carbocycles. The van der Waals surface area contributed by atoms with Gasteiger partial charge in [0.1, 0.15) is 0 Å². The number of ether oxygens (including phenoxy) is 1. The van der Waals surface area contributed by atoms with Gasteiger partial charge in [-0.2, -0.15) is 0 Å². The summed E-state index contributed by atoms with van der Waals surface area (Å²) in [6, 6.07) is 15.0. The molecule has 0 spiro atoms. The minimum absolute atomic E-state index is 0.0481. The van der Waals surface area contributed by atoms with Crippen LogP contribution < -0.4 is 5.73 Å². The van der Waals surface area contributed by atoms with Crippen LogP contribution in [0.5, 0.6) is 0 Å². The number of aryl methyl sites for hydroxylation is 1. The number of benzene rings is 2. The van der Waals surface area contributed by atoms with Crippen LogP contribution in [0, 0.1) is 6.92 Å². The molecular weight excluding hydrogens is 234 g/mol. The Balaban J connectivity index is 1.81. The monoisotopic (exact) mass is 253 g/mol. The van der Waals surface area contributed by atoms with E-state index in [1.165, 1.54) is 27.8 Å². The minimum atomic E-state index is 0.0481. The Morgan fingerprint density at radius 2 is 1.89 bits per heavy atom. The summed E-state index contributed by atoms with van der Waals surface area (Å²) in [6.07, 6.45) is 0.881. The van der Waals surface area contributed by atoms with Crippen LogP contribution in [0.2, 0.25) is 0 Å². The number of rotatable bonds is 3. The van der Waals surface area contributed by atoms with Crippen molar-refractivity contribution in [3.63, 3.8) is 0 Å². The van der Waals surface area contributed by atoms with Crippen molar-refractivity contribution in [3.8, 4) is 0 Å². The van der Waals surface area contributed by atoms with E-state index in [0.717, 1.165) is 19.6 Å². The molecular formula is C17H19NO. The Kier molecular flexibility index (Phi) is 3.36. The van der Waals surface area contributed by atoms with Gasteiger partial charge in [0.05, 0.1) is 13.2 Å². The van der Waals surface area contributed by atoms with E-state index < -0.39 is 0 Å². The van der Waals surface area contributed by atoms with Gasteiger partial charge in [0.2, 0.25) is 0 Å². The lowest BCUT2D eigenvalue weighted by atomic mass is 9.95. The van der Waals surface area contributed by atoms with Gasteiger partial charge in [-0.15, -0.1) is 0 Å². The second-order valence-corrected chi connectivity index (χ2v) is 5.26. The summed E-state index contributed by atoms with van der Waals surface area (Å²) in [5.74, 6) is 0. The zero-order chi connectivity index (χ0) is 13.2. The van der Waals surface area contributed by atoms with E-state index in [1.807, 2.05) is 0 Å². The highest BCUT2D eigenvalue weighted by molar-refractivity contribution is 5.36. The molecule has 0 bridgehead atoms. The van der Waals surface area contributed by atoms with Gasteiger partial charge < -0.3 is 10.5 Å². The SMILES string of the molecule is Cc1ccccc1CC(N)c1ccc2c(c1)COC2. The van der Waals surface area contributed by atoms with Gasteiger partial charge in [-0.05, 0) is 41.2 Å². The lowest BCUT2D eigenvalue weighted by Gasteiger charge is -2.15. The zero-order valence-electron chi connectivity index (χ0n) is 11.2. The van der Waals surface area contributed by atoms with Crippen LogP contribution in [-0.2, 0) is 24.4 Å². The maximum absolute atomic E-state index is 6.35. The van der Waals surface area contributed by atoms with Gasteiger partial charge in [0.15, 0.2) is 0 Å². The van der Waals surface area contributed by atoms with Crippen LogP contribution in [0.1, 0.15) is 33.9 Å². The van der Waals surface area contributed by atoms with Crippen molar-refractivity contribution in [2.75, 3.05) is 0 Å². The van der Waals surface area contributed by atoms with E-state index in [-0.39, 0.29) is 6.04 Å². The van der Waals surface area contributed by atoms with Crippen molar-refractivity contribution >= 4 is 0 Å². The van der Waals surface area contributed by atoms with E-state index in [9.17, 15) is 0 Å². The molecule has 2 heteroatoms. The molecule has 1 aliphatic heterocycles. The van der Waals surface area contributed by atoms with Gasteiger partial charge >= 0.3 is 0 Å². The zero-order valence-corrected chi connectivity index (χ0v) is 11.2. The maximum Gasteiger partial charge on any atom is 0.0725 e. The Hall–Kier alpha value is -1.64. The van der Waals surface area contributed by atoms with Crippen molar-refractivity contribution in [3.05, 3.63) is 70.3 Å². The molecule has 2 nitrogen and oxygen atoms in total. The summed E-state index contributed by atoms with van der Waals surface area (Å²) in [5, 5.41) is 0. The quantitative estimate of drug-likeness (QED) is 0.911. The van der Waals surface area contributed by atoms with Crippen LogP contribution in [0.25, 0.3) is 0 Å². The lowest BCUT2D eigenvalue weighted by molar-refractivity contribution is 0.134. The first-order chi connectivity index (χ1) is 9.24. The van der Waals surface area contributed by atoms with Crippen LogP contribution in [0.4, 0.5) is 0 Å². The molecule has 0 aromatic heterocycles. The average molecular weight is 253 g/mol. The molecule has 1 unspecified atom stereocenters. The number of hydrogen-bond donors (Lipinski definition) is 1. The molecule has 1 aliphatic rings. The molecule has 98 valence electrons. The molecule has 19 heavy (non-hydrogen) atoms. The van der Waals surface area contributed by atoms with E-state index in [2.05, 4.69) is 49.4 Å². The Morgan fingerprint density at radius 3 is 2.74 bits per heavy atom. The summed E-state index contributed by atoms with van der Waals surface area (Å²) in [6.45, 7) is 3.60. The first kappa shape index (κ1) is 12.4. The van der Waals surface area contributed by atoms with E-state index in [1.54, 1.807) is 0 Å². The molecule has 2 N–H and O–H groups in total. The van der Waals surface area contributed by atoms with E-state index >= 15 is 0 Å². The van der Waals surface area contributed by atoms with Crippen molar-refractivity contribution in [1.29, 1.82) is 0 Å². The summed E-state index contributed by atoms with van der Waals surface area (Å²) < 4.78 is 5.45. The molecule has 2 aromatic rings. The molecule has 3 rings (SSSR count). The highest BCUT2D eigenvalue weighted by atomic mass is 16.5. The van der Waals surface area contributed by atoms with Gasteiger partial charge in [-0.3, -0.25) is 0 Å². The molecule has 0 saturated heterocycles. The molecule has 0 aliphatic carbocycles. The topological polar surface area (TPSA) is 35.2 Å². The van der Waals surface area contributed by atoms with Crippen molar-refractivity contribution in [2.24, 2.45) is 5.73 Å². The van der Waals surface area contributed by atoms with E-state index in [4.69, 9.17) is 10.5 Å². The minimum Gasteiger partial charge on any atom is -0.372 e. The maximum atomic E-state index is 6.35. The van der Waals surface area contributed by atoms with Crippen molar-refractivity contribution < 1.29 is 4.74 Å². The van der Waals surface area contributed by atoms with Crippen LogP contribution in [0.3, 0.4) is 0 Å². The summed E-state index contributed by atoms with van der Waals surface area (Å²) >= 11 is 0. The molecule has 1 heterocycles. The summed E-state index contributed by atoms with van der Waals surface area (Å²) in [4.78, 5) is 0. The Morgan fingerprint density at radius 1 is 1.11 bits per heavy atom. The highest BCUT2D eigenvalue weighted by Crippen LogP contribution is 2.25. The number of hydrogen-bond acceptors (Lipinski definition) is 2. The third kappa shape index (κ3) is 2.55. The average Bonchev–Trinajstić information content (AvgIpc) is 2.88. The fourth-order valence-corrected chi connectivity index (χ4v) is 2.62. The fourth-order valence-electron chi connectivity index (χ4n) is 2.62. The van der Waals surface area contributed by atoms with E-state index in [0.29, 0.717) is 0 Å². The molecule has 0 fully saturated rings. The first-order valence-corrected chi connectivity index (χ1v) is 6.73. The first-order valence-electron chi connectivity index (χ1n) is 6.73. The lowest BCUT2D eigenvalue weighted by Crippen LogP contribution is -2.14. The predicted molar refractivity (Wildman–Crippen MR) is 76.7 cm³/mol. The summed E-state index contributed by atoms with van der Waals surface area (Å²) in [7, 11) is 0. The van der Waals surface area contributed by atoms with Crippen molar-refractivity contribution in [1.82, 2.24) is 0 Å². The summed E-state index contributed by atoms with van der Waals surface area (Å²) in [5.41, 5.74) is 12.8. The van der Waals surface area contributed by atoms with Crippen LogP contribution in [0.15, 0.2) is 42.5 Å². The number of nitrogens with two attached hydrogens (primary N) is 1. The molecule has 0 radical (unpaired) electrons. The normalized spacial score (nSPS) is 15.3. The van der Waals surface area contributed by atoms with Gasteiger partial charge in [0, 0.05) is 6.04 Å². The van der Waals surface area contributed by atoms with Crippen molar-refractivity contribution in [2.45, 2.75) is 32.6 Å². The van der Waals surface area contributed by atoms with Crippen LogP contribution in [-0.4, -0.2) is 0 Å². The van der Waals surface area contributed by atoms with Gasteiger partial charge in [-0.25, -0.2) is 0 Å². The highest BCUT2D eigenvalue weighted by Gasteiger charge is 2.14. The third-order valence-corrected chi connectivity index (χ3v) is 3.87.